The molecule has 130 valence electrons. The number of aryl methyl sites for hydroxylation is 2. The normalized spacial score (nSPS) is 10.6. The number of nitrogens with zero attached hydrogens (tertiary/aromatic N) is 4. The summed E-state index contributed by atoms with van der Waals surface area (Å²) in [6, 6.07) is 7.35. The van der Waals surface area contributed by atoms with Crippen LogP contribution in [0.1, 0.15) is 24.2 Å². The van der Waals surface area contributed by atoms with E-state index in [-0.39, 0.29) is 12.3 Å². The van der Waals surface area contributed by atoms with Gasteiger partial charge in [0.05, 0.1) is 7.11 Å². The molecule has 0 bridgehead atoms. The molecule has 0 unspecified atom stereocenters. The zero-order valence-corrected chi connectivity index (χ0v) is 14.7. The van der Waals surface area contributed by atoms with Crippen LogP contribution < -0.4 is 10.1 Å². The Hall–Kier alpha value is -2.81. The molecular formula is C16H17N5O3S. The SMILES string of the molecule is CCc1nnc(NC(=O)CCc2nc(-c3ccc(OC)cc3)no2)s1. The van der Waals surface area contributed by atoms with Crippen molar-refractivity contribution in [3.8, 4) is 17.1 Å². The quantitative estimate of drug-likeness (QED) is 0.692. The second kappa shape index (κ2) is 7.84. The number of benzene rings is 1. The molecule has 0 fully saturated rings. The van der Waals surface area contributed by atoms with Crippen molar-refractivity contribution in [2.75, 3.05) is 12.4 Å². The van der Waals surface area contributed by atoms with Gasteiger partial charge in [-0.2, -0.15) is 4.98 Å². The minimum absolute atomic E-state index is 0.164. The van der Waals surface area contributed by atoms with Crippen LogP contribution in [-0.4, -0.2) is 33.4 Å². The van der Waals surface area contributed by atoms with Crippen molar-refractivity contribution in [2.24, 2.45) is 0 Å². The molecule has 0 aliphatic heterocycles. The molecule has 1 aromatic carbocycles. The van der Waals surface area contributed by atoms with E-state index in [1.165, 1.54) is 11.3 Å². The van der Waals surface area contributed by atoms with Crippen LogP contribution in [-0.2, 0) is 17.6 Å². The van der Waals surface area contributed by atoms with Crippen molar-refractivity contribution in [1.82, 2.24) is 20.3 Å². The predicted octanol–water partition coefficient (Wildman–Crippen LogP) is 2.73. The molecule has 2 heterocycles. The molecule has 0 atom stereocenters. The van der Waals surface area contributed by atoms with E-state index < -0.39 is 0 Å². The van der Waals surface area contributed by atoms with Gasteiger partial charge in [-0.3, -0.25) is 4.79 Å². The molecule has 0 aliphatic rings. The number of carbonyl (C=O) groups excluding carboxylic acids is 1. The molecule has 0 radical (unpaired) electrons. The first-order chi connectivity index (χ1) is 12.2. The number of methoxy groups -OCH3 is 1. The van der Waals surface area contributed by atoms with Gasteiger partial charge in [-0.05, 0) is 30.7 Å². The molecule has 0 saturated heterocycles. The Morgan fingerprint density at radius 3 is 2.76 bits per heavy atom. The minimum Gasteiger partial charge on any atom is -0.497 e. The van der Waals surface area contributed by atoms with Crippen molar-refractivity contribution in [3.05, 3.63) is 35.2 Å². The smallest absolute Gasteiger partial charge is 0.227 e. The Morgan fingerprint density at radius 2 is 2.08 bits per heavy atom. The number of carbonyl (C=O) groups is 1. The van der Waals surface area contributed by atoms with E-state index in [9.17, 15) is 4.79 Å². The molecule has 9 heteroatoms. The molecule has 0 spiro atoms. The minimum atomic E-state index is -0.164. The van der Waals surface area contributed by atoms with Gasteiger partial charge in [0.2, 0.25) is 22.8 Å². The summed E-state index contributed by atoms with van der Waals surface area (Å²) in [6.45, 7) is 1.99. The van der Waals surface area contributed by atoms with E-state index in [1.54, 1.807) is 7.11 Å². The largest absolute Gasteiger partial charge is 0.497 e. The van der Waals surface area contributed by atoms with E-state index in [2.05, 4.69) is 25.7 Å². The fourth-order valence-corrected chi connectivity index (χ4v) is 2.76. The number of ether oxygens (including phenoxy) is 1. The molecule has 3 aromatic rings. The standard InChI is InChI=1S/C16H17N5O3S/c1-3-14-19-20-16(25-14)17-12(22)8-9-13-18-15(21-24-13)10-4-6-11(23-2)7-5-10/h4-7H,3,8-9H2,1-2H3,(H,17,20,22). The van der Waals surface area contributed by atoms with Crippen LogP contribution in [0, 0.1) is 0 Å². The third-order valence-electron chi connectivity index (χ3n) is 3.40. The molecule has 25 heavy (non-hydrogen) atoms. The first-order valence-corrected chi connectivity index (χ1v) is 8.59. The lowest BCUT2D eigenvalue weighted by molar-refractivity contribution is -0.116. The van der Waals surface area contributed by atoms with Crippen LogP contribution in [0.25, 0.3) is 11.4 Å². The highest BCUT2D eigenvalue weighted by atomic mass is 32.1. The molecule has 8 nitrogen and oxygen atoms in total. The maximum absolute atomic E-state index is 12.0. The highest BCUT2D eigenvalue weighted by molar-refractivity contribution is 7.15. The van der Waals surface area contributed by atoms with Gasteiger partial charge in [-0.15, -0.1) is 10.2 Å². The summed E-state index contributed by atoms with van der Waals surface area (Å²) < 4.78 is 10.3. The highest BCUT2D eigenvalue weighted by Crippen LogP contribution is 2.20. The molecular weight excluding hydrogens is 342 g/mol. The summed E-state index contributed by atoms with van der Waals surface area (Å²) in [5.41, 5.74) is 0.821. The first-order valence-electron chi connectivity index (χ1n) is 7.77. The van der Waals surface area contributed by atoms with E-state index in [1.807, 2.05) is 31.2 Å². The summed E-state index contributed by atoms with van der Waals surface area (Å²) in [5, 5.41) is 15.9. The van der Waals surface area contributed by atoms with Gasteiger partial charge in [-0.1, -0.05) is 23.4 Å². The van der Waals surface area contributed by atoms with Gasteiger partial charge in [-0.25, -0.2) is 0 Å². The lowest BCUT2D eigenvalue weighted by Crippen LogP contribution is -2.12. The van der Waals surface area contributed by atoms with Crippen LogP contribution in [0.5, 0.6) is 5.75 Å². The summed E-state index contributed by atoms with van der Waals surface area (Å²) in [4.78, 5) is 16.3. The van der Waals surface area contributed by atoms with E-state index in [4.69, 9.17) is 9.26 Å². The molecule has 2 aromatic heterocycles. The zero-order valence-electron chi connectivity index (χ0n) is 13.9. The Bertz CT molecular complexity index is 844. The van der Waals surface area contributed by atoms with Crippen LogP contribution in [0.15, 0.2) is 28.8 Å². The molecule has 1 amide bonds. The monoisotopic (exact) mass is 359 g/mol. The number of aromatic nitrogens is 4. The molecule has 0 saturated carbocycles. The van der Waals surface area contributed by atoms with Crippen molar-refractivity contribution in [3.63, 3.8) is 0 Å². The van der Waals surface area contributed by atoms with Gasteiger partial charge in [0, 0.05) is 18.4 Å². The number of hydrogen-bond donors (Lipinski definition) is 1. The summed E-state index contributed by atoms with van der Waals surface area (Å²) in [5.74, 6) is 1.48. The number of rotatable bonds is 7. The third kappa shape index (κ3) is 4.38. The predicted molar refractivity (Wildman–Crippen MR) is 92.5 cm³/mol. The van der Waals surface area contributed by atoms with Crippen LogP contribution >= 0.6 is 11.3 Å². The summed E-state index contributed by atoms with van der Waals surface area (Å²) in [6.07, 6.45) is 1.38. The van der Waals surface area contributed by atoms with Gasteiger partial charge in [0.25, 0.3) is 0 Å². The van der Waals surface area contributed by atoms with Crippen LogP contribution in [0.3, 0.4) is 0 Å². The molecule has 3 rings (SSSR count). The average molecular weight is 359 g/mol. The highest BCUT2D eigenvalue weighted by Gasteiger charge is 2.12. The first kappa shape index (κ1) is 17.0. The zero-order chi connectivity index (χ0) is 17.6. The summed E-state index contributed by atoms with van der Waals surface area (Å²) in [7, 11) is 1.61. The van der Waals surface area contributed by atoms with Gasteiger partial charge in [0.1, 0.15) is 10.8 Å². The summed E-state index contributed by atoms with van der Waals surface area (Å²) >= 11 is 1.37. The van der Waals surface area contributed by atoms with Crippen molar-refractivity contribution in [2.45, 2.75) is 26.2 Å². The number of hydrogen-bond acceptors (Lipinski definition) is 8. The van der Waals surface area contributed by atoms with Crippen LogP contribution in [0.4, 0.5) is 5.13 Å². The Morgan fingerprint density at radius 1 is 1.28 bits per heavy atom. The molecule has 1 N–H and O–H groups in total. The Balaban J connectivity index is 1.54. The number of nitrogens with one attached hydrogen (secondary N) is 1. The average Bonchev–Trinajstić information content (AvgIpc) is 3.29. The Kier molecular flexibility index (Phi) is 5.34. The number of anilines is 1. The van der Waals surface area contributed by atoms with Crippen LogP contribution in [0.2, 0.25) is 0 Å². The fourth-order valence-electron chi connectivity index (χ4n) is 2.06. The maximum atomic E-state index is 12.0. The van der Waals surface area contributed by atoms with Gasteiger partial charge in [0.15, 0.2) is 0 Å². The van der Waals surface area contributed by atoms with E-state index >= 15 is 0 Å². The maximum Gasteiger partial charge on any atom is 0.227 e. The topological polar surface area (TPSA) is 103 Å². The van der Waals surface area contributed by atoms with E-state index in [0.29, 0.717) is 23.3 Å². The van der Waals surface area contributed by atoms with Gasteiger partial charge < -0.3 is 14.6 Å². The molecule has 0 aliphatic carbocycles. The van der Waals surface area contributed by atoms with E-state index in [0.717, 1.165) is 22.7 Å². The van der Waals surface area contributed by atoms with Gasteiger partial charge >= 0.3 is 0 Å². The lowest BCUT2D eigenvalue weighted by Gasteiger charge is -1.99. The third-order valence-corrected chi connectivity index (χ3v) is 4.38. The second-order valence-corrected chi connectivity index (χ2v) is 6.20. The lowest BCUT2D eigenvalue weighted by atomic mass is 10.2. The van der Waals surface area contributed by atoms with Crippen molar-refractivity contribution < 1.29 is 14.1 Å². The Labute approximate surface area is 148 Å². The second-order valence-electron chi connectivity index (χ2n) is 5.14. The van der Waals surface area contributed by atoms with Crippen molar-refractivity contribution in [1.29, 1.82) is 0 Å². The fraction of sp³-hybridized carbons (Fsp3) is 0.312. The number of amides is 1. The van der Waals surface area contributed by atoms with Crippen molar-refractivity contribution >= 4 is 22.4 Å².